The van der Waals surface area contributed by atoms with Crippen molar-refractivity contribution in [3.05, 3.63) is 90.7 Å². The lowest BCUT2D eigenvalue weighted by atomic mass is 10.2. The van der Waals surface area contributed by atoms with Crippen LogP contribution in [0.5, 0.6) is 0 Å². The molecule has 9 heteroatoms. The van der Waals surface area contributed by atoms with Gasteiger partial charge in [0.1, 0.15) is 11.9 Å². The highest BCUT2D eigenvalue weighted by atomic mass is 19.1. The van der Waals surface area contributed by atoms with Gasteiger partial charge in [-0.15, -0.1) is 0 Å². The number of carbonyl (C=O) groups excluding carboxylic acids is 1. The van der Waals surface area contributed by atoms with Crippen LogP contribution in [-0.2, 0) is 4.79 Å². The quantitative estimate of drug-likeness (QED) is 0.306. The summed E-state index contributed by atoms with van der Waals surface area (Å²) >= 11 is 0. The molecule has 3 aromatic carbocycles. The van der Waals surface area contributed by atoms with Crippen molar-refractivity contribution in [3.63, 3.8) is 0 Å². The van der Waals surface area contributed by atoms with E-state index < -0.39 is 6.04 Å². The van der Waals surface area contributed by atoms with E-state index in [0.29, 0.717) is 17.6 Å². The van der Waals surface area contributed by atoms with E-state index in [4.69, 9.17) is 0 Å². The first-order chi connectivity index (χ1) is 16.0. The van der Waals surface area contributed by atoms with Crippen LogP contribution in [0.4, 0.5) is 39.3 Å². The van der Waals surface area contributed by atoms with Crippen LogP contribution in [0.1, 0.15) is 6.92 Å². The van der Waals surface area contributed by atoms with Crippen LogP contribution < -0.4 is 21.3 Å². The highest BCUT2D eigenvalue weighted by Gasteiger charge is 2.16. The molecule has 0 aliphatic rings. The zero-order valence-electron chi connectivity index (χ0n) is 17.8. The molecule has 0 saturated heterocycles. The van der Waals surface area contributed by atoms with Crippen molar-refractivity contribution in [1.82, 2.24) is 15.0 Å². The third kappa shape index (κ3) is 6.23. The van der Waals surface area contributed by atoms with E-state index in [1.165, 1.54) is 24.3 Å². The second kappa shape index (κ2) is 10.2. The zero-order valence-corrected chi connectivity index (χ0v) is 17.8. The van der Waals surface area contributed by atoms with Gasteiger partial charge in [-0.05, 0) is 55.5 Å². The Hall–Kier alpha value is -4.53. The van der Waals surface area contributed by atoms with Crippen LogP contribution in [-0.4, -0.2) is 26.9 Å². The molecule has 0 aliphatic heterocycles. The Balaban J connectivity index is 1.53. The van der Waals surface area contributed by atoms with Gasteiger partial charge in [-0.3, -0.25) is 4.79 Å². The van der Waals surface area contributed by atoms with Crippen molar-refractivity contribution in [2.75, 3.05) is 21.3 Å². The number of nitrogens with one attached hydrogen (secondary N) is 4. The van der Waals surface area contributed by atoms with Gasteiger partial charge in [0.15, 0.2) is 0 Å². The number of amides is 1. The molecule has 33 heavy (non-hydrogen) atoms. The topological polar surface area (TPSA) is 104 Å². The van der Waals surface area contributed by atoms with Gasteiger partial charge < -0.3 is 21.3 Å². The predicted octanol–water partition coefficient (Wildman–Crippen LogP) is 4.94. The van der Waals surface area contributed by atoms with Crippen LogP contribution >= 0.6 is 0 Å². The first kappa shape index (κ1) is 21.7. The van der Waals surface area contributed by atoms with E-state index in [2.05, 4.69) is 36.2 Å². The van der Waals surface area contributed by atoms with Crippen LogP contribution in [0.3, 0.4) is 0 Å². The molecule has 166 valence electrons. The second-order valence-electron chi connectivity index (χ2n) is 7.15. The fraction of sp³-hybridized carbons (Fsp3) is 0.0833. The molecule has 0 aliphatic carbocycles. The number of carbonyl (C=O) groups is 1. The van der Waals surface area contributed by atoms with Crippen molar-refractivity contribution in [2.45, 2.75) is 13.0 Å². The van der Waals surface area contributed by atoms with Crippen LogP contribution in [0.2, 0.25) is 0 Å². The molecule has 8 nitrogen and oxygen atoms in total. The monoisotopic (exact) mass is 443 g/mol. The molecule has 0 bridgehead atoms. The van der Waals surface area contributed by atoms with Crippen LogP contribution in [0.15, 0.2) is 84.9 Å². The van der Waals surface area contributed by atoms with E-state index in [9.17, 15) is 9.18 Å². The molecule has 1 amide bonds. The zero-order chi connectivity index (χ0) is 23.0. The maximum atomic E-state index is 13.1. The molecular weight excluding hydrogens is 421 g/mol. The number of rotatable bonds is 8. The van der Waals surface area contributed by atoms with Crippen molar-refractivity contribution in [1.29, 1.82) is 0 Å². The van der Waals surface area contributed by atoms with E-state index in [-0.39, 0.29) is 17.7 Å². The fourth-order valence-corrected chi connectivity index (χ4v) is 2.90. The maximum Gasteiger partial charge on any atom is 0.246 e. The van der Waals surface area contributed by atoms with Crippen molar-refractivity contribution in [3.8, 4) is 0 Å². The Morgan fingerprint density at radius 3 is 1.70 bits per heavy atom. The predicted molar refractivity (Wildman–Crippen MR) is 127 cm³/mol. The van der Waals surface area contributed by atoms with E-state index >= 15 is 0 Å². The van der Waals surface area contributed by atoms with Gasteiger partial charge in [0.25, 0.3) is 0 Å². The highest BCUT2D eigenvalue weighted by molar-refractivity contribution is 5.96. The first-order valence-corrected chi connectivity index (χ1v) is 10.3. The van der Waals surface area contributed by atoms with Gasteiger partial charge in [0.05, 0.1) is 0 Å². The molecule has 4 N–H and O–H groups in total. The first-order valence-electron chi connectivity index (χ1n) is 10.3. The fourth-order valence-electron chi connectivity index (χ4n) is 2.90. The summed E-state index contributed by atoms with van der Waals surface area (Å²) in [4.78, 5) is 25.8. The third-order valence-corrected chi connectivity index (χ3v) is 4.55. The summed E-state index contributed by atoms with van der Waals surface area (Å²) in [5.41, 5.74) is 2.10. The lowest BCUT2D eigenvalue weighted by Gasteiger charge is -2.16. The lowest BCUT2D eigenvalue weighted by molar-refractivity contribution is -0.116. The Kier molecular flexibility index (Phi) is 6.70. The number of aromatic nitrogens is 3. The van der Waals surface area contributed by atoms with Gasteiger partial charge >= 0.3 is 0 Å². The number of nitrogens with zero attached hydrogens (tertiary/aromatic N) is 3. The largest absolute Gasteiger partial charge is 0.342 e. The number of anilines is 6. The van der Waals surface area contributed by atoms with Gasteiger partial charge in [-0.1, -0.05) is 36.4 Å². The minimum Gasteiger partial charge on any atom is -0.342 e. The second-order valence-corrected chi connectivity index (χ2v) is 7.15. The summed E-state index contributed by atoms with van der Waals surface area (Å²) < 4.78 is 13.1. The molecule has 0 unspecified atom stereocenters. The van der Waals surface area contributed by atoms with Crippen molar-refractivity contribution < 1.29 is 9.18 Å². The summed E-state index contributed by atoms with van der Waals surface area (Å²) in [6.07, 6.45) is 0. The van der Waals surface area contributed by atoms with Crippen LogP contribution in [0, 0.1) is 5.82 Å². The third-order valence-electron chi connectivity index (χ3n) is 4.55. The molecule has 0 spiro atoms. The molecule has 0 radical (unpaired) electrons. The van der Waals surface area contributed by atoms with E-state index in [1.54, 1.807) is 6.92 Å². The average molecular weight is 443 g/mol. The number of para-hydroxylation sites is 2. The number of hydrogen-bond acceptors (Lipinski definition) is 7. The van der Waals surface area contributed by atoms with Gasteiger partial charge in [-0.2, -0.15) is 15.0 Å². The molecular formula is C24H22FN7O. The minimum atomic E-state index is -0.674. The lowest BCUT2D eigenvalue weighted by Crippen LogP contribution is -2.32. The van der Waals surface area contributed by atoms with Gasteiger partial charge in [0.2, 0.25) is 23.8 Å². The Bertz CT molecular complexity index is 1140. The molecule has 1 atom stereocenters. The van der Waals surface area contributed by atoms with Crippen LogP contribution in [0.25, 0.3) is 0 Å². The maximum absolute atomic E-state index is 13.1. The molecule has 1 heterocycles. The average Bonchev–Trinajstić information content (AvgIpc) is 2.82. The number of hydrogen-bond donors (Lipinski definition) is 4. The molecule has 4 rings (SSSR count). The normalized spacial score (nSPS) is 11.3. The summed E-state index contributed by atoms with van der Waals surface area (Å²) in [6.45, 7) is 1.68. The summed E-state index contributed by atoms with van der Waals surface area (Å²) in [7, 11) is 0. The Labute approximate surface area is 190 Å². The van der Waals surface area contributed by atoms with Gasteiger partial charge in [-0.25, -0.2) is 4.39 Å². The molecule has 0 saturated carbocycles. The molecule has 0 fully saturated rings. The number of halogens is 1. The van der Waals surface area contributed by atoms with Gasteiger partial charge in [0, 0.05) is 17.1 Å². The summed E-state index contributed by atoms with van der Waals surface area (Å²) in [6, 6.07) is 23.8. The smallest absolute Gasteiger partial charge is 0.246 e. The van der Waals surface area contributed by atoms with Crippen molar-refractivity contribution in [2.24, 2.45) is 0 Å². The Morgan fingerprint density at radius 1 is 0.697 bits per heavy atom. The Morgan fingerprint density at radius 2 is 1.18 bits per heavy atom. The summed E-state index contributed by atoms with van der Waals surface area (Å²) in [5.74, 6) is 0.133. The summed E-state index contributed by atoms with van der Waals surface area (Å²) in [5, 5.41) is 12.0. The SMILES string of the molecule is C[C@@H](Nc1nc(Nc2ccccc2)nc(Nc2ccccc2)n1)C(=O)Nc1ccc(F)cc1. The molecule has 1 aromatic heterocycles. The highest BCUT2D eigenvalue weighted by Crippen LogP contribution is 2.19. The van der Waals surface area contributed by atoms with Crippen molar-refractivity contribution >= 4 is 40.8 Å². The molecule has 4 aromatic rings. The van der Waals surface area contributed by atoms with E-state index in [0.717, 1.165) is 11.4 Å². The minimum absolute atomic E-state index is 0.212. The standard InChI is InChI=1S/C24H22FN7O/c1-16(21(33)27-20-14-12-17(25)13-15-20)26-22-30-23(28-18-8-4-2-5-9-18)32-24(31-22)29-19-10-6-3-7-11-19/h2-16H,1H3,(H,27,33)(H3,26,28,29,30,31,32)/t16-/m1/s1. The van der Waals surface area contributed by atoms with E-state index in [1.807, 2.05) is 60.7 Å². The number of benzene rings is 3.